The molecule has 0 bridgehead atoms. The topological polar surface area (TPSA) is 95.4 Å². The number of amides is 1. The first-order valence-electron chi connectivity index (χ1n) is 9.52. The van der Waals surface area contributed by atoms with Crippen molar-refractivity contribution in [1.29, 1.82) is 0 Å². The molecule has 28 heavy (non-hydrogen) atoms. The fourth-order valence-electron chi connectivity index (χ4n) is 3.40. The highest BCUT2D eigenvalue weighted by Gasteiger charge is 2.33. The lowest BCUT2D eigenvalue weighted by atomic mass is 10.1. The van der Waals surface area contributed by atoms with Gasteiger partial charge in [-0.05, 0) is 30.9 Å². The Labute approximate surface area is 160 Å². The molecule has 2 fully saturated rings. The second-order valence-electron chi connectivity index (χ2n) is 7.52. The van der Waals surface area contributed by atoms with Crippen LogP contribution < -0.4 is 5.76 Å². The van der Waals surface area contributed by atoms with Gasteiger partial charge in [-0.1, -0.05) is 17.3 Å². The summed E-state index contributed by atoms with van der Waals surface area (Å²) in [5.41, 5.74) is 1.92. The van der Waals surface area contributed by atoms with Crippen molar-refractivity contribution >= 4 is 17.0 Å². The van der Waals surface area contributed by atoms with Crippen molar-refractivity contribution in [3.05, 3.63) is 46.7 Å². The first kappa shape index (κ1) is 17.2. The Morgan fingerprint density at radius 2 is 2.07 bits per heavy atom. The van der Waals surface area contributed by atoms with E-state index in [0.29, 0.717) is 30.8 Å². The van der Waals surface area contributed by atoms with Gasteiger partial charge in [-0.2, -0.15) is 0 Å². The van der Waals surface area contributed by atoms with E-state index in [4.69, 9.17) is 9.15 Å². The van der Waals surface area contributed by atoms with Gasteiger partial charge in [-0.3, -0.25) is 9.36 Å². The largest absolute Gasteiger partial charge is 0.420 e. The van der Waals surface area contributed by atoms with Crippen molar-refractivity contribution < 1.29 is 13.9 Å². The van der Waals surface area contributed by atoms with Gasteiger partial charge in [0, 0.05) is 19.7 Å². The second kappa shape index (κ2) is 6.90. The van der Waals surface area contributed by atoms with Crippen LogP contribution >= 0.6 is 0 Å². The maximum absolute atomic E-state index is 12.5. The minimum Gasteiger partial charge on any atom is -0.408 e. The molecule has 1 amide bonds. The summed E-state index contributed by atoms with van der Waals surface area (Å²) in [6.07, 6.45) is 4.41. The molecule has 1 saturated carbocycles. The molecule has 0 unspecified atom stereocenters. The average Bonchev–Trinajstić information content (AvgIpc) is 3.27. The summed E-state index contributed by atoms with van der Waals surface area (Å²) in [6, 6.07) is 7.20. The lowest BCUT2D eigenvalue weighted by molar-refractivity contribution is -0.137. The van der Waals surface area contributed by atoms with E-state index in [1.165, 1.54) is 17.4 Å². The molecule has 0 atom stereocenters. The molecule has 2 aromatic heterocycles. The number of hydrogen-bond acceptors (Lipinski definition) is 6. The van der Waals surface area contributed by atoms with Crippen LogP contribution in [0.5, 0.6) is 0 Å². The molecule has 1 aliphatic heterocycles. The molecule has 1 aromatic carbocycles. The summed E-state index contributed by atoms with van der Waals surface area (Å²) >= 11 is 0. The lowest BCUT2D eigenvalue weighted by Crippen LogP contribution is -2.52. The zero-order chi connectivity index (χ0) is 19.1. The number of carbonyl (C=O) groups excluding carboxylic acids is 1. The quantitative estimate of drug-likeness (QED) is 0.608. The fourth-order valence-corrected chi connectivity index (χ4v) is 3.40. The van der Waals surface area contributed by atoms with Gasteiger partial charge in [0.1, 0.15) is 12.2 Å². The van der Waals surface area contributed by atoms with Gasteiger partial charge in [-0.25, -0.2) is 9.48 Å². The zero-order valence-electron chi connectivity index (χ0n) is 15.4. The highest BCUT2D eigenvalue weighted by Crippen LogP contribution is 2.29. The van der Waals surface area contributed by atoms with Crippen LogP contribution in [-0.2, 0) is 22.7 Å². The minimum absolute atomic E-state index is 0.0276. The molecule has 3 aromatic rings. The van der Waals surface area contributed by atoms with Crippen LogP contribution in [0.15, 0.2) is 39.7 Å². The third kappa shape index (κ3) is 3.33. The molecule has 146 valence electrons. The van der Waals surface area contributed by atoms with Gasteiger partial charge < -0.3 is 14.1 Å². The predicted octanol–water partition coefficient (Wildman–Crippen LogP) is 1.20. The van der Waals surface area contributed by atoms with Gasteiger partial charge >= 0.3 is 5.76 Å². The van der Waals surface area contributed by atoms with Crippen molar-refractivity contribution in [1.82, 2.24) is 24.5 Å². The number of oxazole rings is 1. The SMILES string of the molecule is O=C(Cn1c(=O)oc2ccccc21)N1CC(n2cc(COCC3CC3)nn2)C1. The summed E-state index contributed by atoms with van der Waals surface area (Å²) in [7, 11) is 0. The number of aromatic nitrogens is 4. The number of fused-ring (bicyclic) bond motifs is 1. The van der Waals surface area contributed by atoms with Gasteiger partial charge in [0.15, 0.2) is 5.58 Å². The number of ether oxygens (including phenoxy) is 1. The average molecular weight is 383 g/mol. The molecular formula is C19H21N5O4. The molecule has 0 radical (unpaired) electrons. The Morgan fingerprint density at radius 3 is 2.89 bits per heavy atom. The van der Waals surface area contributed by atoms with Gasteiger partial charge in [-0.15, -0.1) is 5.10 Å². The third-order valence-electron chi connectivity index (χ3n) is 5.31. The van der Waals surface area contributed by atoms with E-state index in [1.807, 2.05) is 12.3 Å². The normalized spacial score (nSPS) is 17.2. The van der Waals surface area contributed by atoms with Crippen molar-refractivity contribution in [3.8, 4) is 0 Å². The smallest absolute Gasteiger partial charge is 0.408 e. The molecule has 5 rings (SSSR count). The third-order valence-corrected chi connectivity index (χ3v) is 5.31. The Hall–Kier alpha value is -2.94. The first-order chi connectivity index (χ1) is 13.7. The maximum Gasteiger partial charge on any atom is 0.420 e. The molecule has 3 heterocycles. The van der Waals surface area contributed by atoms with E-state index in [1.54, 1.807) is 27.8 Å². The summed E-state index contributed by atoms with van der Waals surface area (Å²) in [4.78, 5) is 26.3. The Kier molecular flexibility index (Phi) is 4.23. The summed E-state index contributed by atoms with van der Waals surface area (Å²) < 4.78 is 14.0. The number of likely N-dealkylation sites (tertiary alicyclic amines) is 1. The molecule has 2 aliphatic rings. The minimum atomic E-state index is -0.515. The van der Waals surface area contributed by atoms with E-state index in [2.05, 4.69) is 10.3 Å². The Morgan fingerprint density at radius 1 is 1.25 bits per heavy atom. The van der Waals surface area contributed by atoms with Crippen LogP contribution in [0.1, 0.15) is 24.6 Å². The number of para-hydroxylation sites is 2. The zero-order valence-corrected chi connectivity index (χ0v) is 15.4. The van der Waals surface area contributed by atoms with Crippen molar-refractivity contribution in [2.24, 2.45) is 5.92 Å². The standard InChI is InChI=1S/C19H21N5O4/c25-18(10-23-16-3-1-2-4-17(16)28-19(23)26)22-8-15(9-22)24-7-14(20-21-24)12-27-11-13-5-6-13/h1-4,7,13,15H,5-6,8-12H2. The highest BCUT2D eigenvalue weighted by atomic mass is 16.5. The fraction of sp³-hybridized carbons (Fsp3) is 0.474. The van der Waals surface area contributed by atoms with E-state index < -0.39 is 5.76 Å². The number of carbonyl (C=O) groups is 1. The van der Waals surface area contributed by atoms with E-state index in [0.717, 1.165) is 18.2 Å². The van der Waals surface area contributed by atoms with Crippen molar-refractivity contribution in [2.75, 3.05) is 19.7 Å². The lowest BCUT2D eigenvalue weighted by Gasteiger charge is -2.38. The molecule has 9 heteroatoms. The Bertz CT molecular complexity index is 1060. The van der Waals surface area contributed by atoms with Crippen LogP contribution in [-0.4, -0.2) is 50.1 Å². The van der Waals surface area contributed by atoms with E-state index in [-0.39, 0.29) is 18.5 Å². The highest BCUT2D eigenvalue weighted by molar-refractivity contribution is 5.80. The van der Waals surface area contributed by atoms with Gasteiger partial charge in [0.25, 0.3) is 0 Å². The summed E-state index contributed by atoms with van der Waals surface area (Å²) in [5, 5.41) is 8.29. The molecule has 1 saturated heterocycles. The van der Waals surface area contributed by atoms with Crippen LogP contribution in [0.4, 0.5) is 0 Å². The van der Waals surface area contributed by atoms with Gasteiger partial charge in [0.2, 0.25) is 5.91 Å². The number of hydrogen-bond donors (Lipinski definition) is 0. The molecule has 0 N–H and O–H groups in total. The van der Waals surface area contributed by atoms with E-state index in [9.17, 15) is 9.59 Å². The number of benzene rings is 1. The van der Waals surface area contributed by atoms with Crippen molar-refractivity contribution in [2.45, 2.75) is 32.0 Å². The van der Waals surface area contributed by atoms with Crippen LogP contribution in [0, 0.1) is 5.92 Å². The maximum atomic E-state index is 12.5. The summed E-state index contributed by atoms with van der Waals surface area (Å²) in [6.45, 7) is 2.34. The van der Waals surface area contributed by atoms with Crippen molar-refractivity contribution in [3.63, 3.8) is 0 Å². The first-order valence-corrected chi connectivity index (χ1v) is 9.52. The molecule has 9 nitrogen and oxygen atoms in total. The van der Waals surface area contributed by atoms with Crippen LogP contribution in [0.25, 0.3) is 11.1 Å². The second-order valence-corrected chi connectivity index (χ2v) is 7.52. The molecule has 0 spiro atoms. The summed E-state index contributed by atoms with van der Waals surface area (Å²) in [5.74, 6) is 0.0952. The number of nitrogens with zero attached hydrogens (tertiary/aromatic N) is 5. The van der Waals surface area contributed by atoms with Crippen LogP contribution in [0.2, 0.25) is 0 Å². The predicted molar refractivity (Wildman–Crippen MR) is 98.5 cm³/mol. The monoisotopic (exact) mass is 383 g/mol. The Balaban J connectivity index is 1.16. The van der Waals surface area contributed by atoms with Crippen LogP contribution in [0.3, 0.4) is 0 Å². The van der Waals surface area contributed by atoms with E-state index >= 15 is 0 Å². The number of rotatable bonds is 7. The van der Waals surface area contributed by atoms with Gasteiger partial charge in [0.05, 0.1) is 24.4 Å². The molecule has 1 aliphatic carbocycles. The molecular weight excluding hydrogens is 362 g/mol.